The summed E-state index contributed by atoms with van der Waals surface area (Å²) in [4.78, 5) is 48.8. The van der Waals surface area contributed by atoms with Crippen LogP contribution >= 0.6 is 0 Å². The molecule has 8 amide bonds. The average molecular weight is 939 g/mol. The third-order valence-corrected chi connectivity index (χ3v) is 10.9. The molecular weight excluding hydrogens is 873 g/mol. The minimum atomic E-state index is -0.335. The zero-order valence-electron chi connectivity index (χ0n) is 38.6. The van der Waals surface area contributed by atoms with E-state index in [0.717, 1.165) is 25.7 Å². The first kappa shape index (κ1) is 50.8. The van der Waals surface area contributed by atoms with Crippen molar-refractivity contribution in [2.75, 3.05) is 103 Å². The number of hydrogen-bond acceptors (Lipinski definition) is 10. The van der Waals surface area contributed by atoms with Gasteiger partial charge in [0.1, 0.15) is 23.7 Å². The number of amides is 8. The highest BCUT2D eigenvalue weighted by Crippen LogP contribution is 2.36. The molecule has 0 radical (unpaired) electrons. The van der Waals surface area contributed by atoms with Crippen LogP contribution in [0.3, 0.4) is 0 Å². The van der Waals surface area contributed by atoms with Crippen LogP contribution in [0.5, 0.6) is 11.5 Å². The van der Waals surface area contributed by atoms with E-state index < -0.39 is 0 Å². The monoisotopic (exact) mass is 938 g/mol. The smallest absolute Gasteiger partial charge is 0.319 e. The van der Waals surface area contributed by atoms with Crippen LogP contribution in [0.4, 0.5) is 30.6 Å². The van der Waals surface area contributed by atoms with Gasteiger partial charge in [-0.25, -0.2) is 19.2 Å². The summed E-state index contributed by atoms with van der Waals surface area (Å²) in [5, 5.41) is 22.2. The molecule has 6 rings (SSSR count). The van der Waals surface area contributed by atoms with E-state index in [4.69, 9.17) is 28.4 Å². The van der Waals surface area contributed by atoms with Crippen LogP contribution in [0.2, 0.25) is 0 Å². The Hall–Kier alpha value is -6.60. The fourth-order valence-corrected chi connectivity index (χ4v) is 7.62. The molecule has 0 saturated carbocycles. The van der Waals surface area contributed by atoms with Gasteiger partial charge in [0.25, 0.3) is 0 Å². The van der Waals surface area contributed by atoms with Crippen molar-refractivity contribution in [3.05, 3.63) is 119 Å². The summed E-state index contributed by atoms with van der Waals surface area (Å²) in [6, 6.07) is 30.1. The van der Waals surface area contributed by atoms with E-state index in [1.807, 2.05) is 72.8 Å². The van der Waals surface area contributed by atoms with Crippen molar-refractivity contribution in [3.8, 4) is 11.5 Å². The quantitative estimate of drug-likeness (QED) is 0.0288. The van der Waals surface area contributed by atoms with E-state index in [1.165, 1.54) is 22.3 Å². The van der Waals surface area contributed by atoms with Crippen molar-refractivity contribution in [2.45, 2.75) is 50.7 Å². The van der Waals surface area contributed by atoms with Crippen LogP contribution in [-0.4, -0.2) is 116 Å². The zero-order chi connectivity index (χ0) is 47.4. The second kappa shape index (κ2) is 29.2. The van der Waals surface area contributed by atoms with E-state index in [1.54, 1.807) is 0 Å². The number of unbranched alkanes of at least 4 members (excludes halogenated alkanes) is 1. The number of ether oxygens (including phenoxy) is 6. The minimum Gasteiger partial charge on any atom is -0.486 e. The highest BCUT2D eigenvalue weighted by atomic mass is 16.5. The predicted molar refractivity (Wildman–Crippen MR) is 259 cm³/mol. The number of aryl methyl sites for hydroxylation is 2. The van der Waals surface area contributed by atoms with Crippen LogP contribution in [0.1, 0.15) is 60.1 Å². The summed E-state index contributed by atoms with van der Waals surface area (Å²) in [7, 11) is 0. The molecule has 2 unspecified atom stereocenters. The molecule has 0 bridgehead atoms. The third-order valence-electron chi connectivity index (χ3n) is 10.9. The molecule has 0 aliphatic heterocycles. The Kier molecular flexibility index (Phi) is 21.8. The van der Waals surface area contributed by atoms with Crippen molar-refractivity contribution in [2.24, 2.45) is 0 Å². The summed E-state index contributed by atoms with van der Waals surface area (Å²) in [5.41, 5.74) is 6.35. The van der Waals surface area contributed by atoms with E-state index in [-0.39, 0.29) is 36.3 Å². The van der Waals surface area contributed by atoms with Crippen molar-refractivity contribution in [3.63, 3.8) is 0 Å². The number of carbonyl (C=O) groups is 4. The lowest BCUT2D eigenvalue weighted by Gasteiger charge is -2.16. The number of urea groups is 4. The standard InChI is InChI=1S/C50H66N8O10/c59-47(53-23-27-63-31-33-65-29-25-55-49(61)57-39-11-7-13-41(35-39)67-45-19-17-37-9-1-3-15-43(37)45)51-21-5-6-22-52-48(60)54-24-28-64-32-34-66-30-26-56-50(62)58-40-12-8-14-42(36-40)68-46-20-18-38-10-2-4-16-44(38)46/h1-4,7-16,35-36,45-46H,5-6,17-34H2,(H2,51,53,59)(H2,52,54,60)(H2,55,57,61)(H2,56,58,62). The molecule has 2 aliphatic rings. The Morgan fingerprint density at radius 2 is 0.779 bits per heavy atom. The van der Waals surface area contributed by atoms with Gasteiger partial charge in [-0.2, -0.15) is 0 Å². The van der Waals surface area contributed by atoms with Gasteiger partial charge in [-0.3, -0.25) is 0 Å². The maximum atomic E-state index is 12.4. The molecule has 366 valence electrons. The molecule has 18 heteroatoms. The number of hydrogen-bond donors (Lipinski definition) is 8. The summed E-state index contributed by atoms with van der Waals surface area (Å²) in [5.74, 6) is 1.41. The topological polar surface area (TPSA) is 220 Å². The molecular formula is C50H66N8O10. The van der Waals surface area contributed by atoms with E-state index in [2.05, 4.69) is 66.8 Å². The van der Waals surface area contributed by atoms with Crippen molar-refractivity contribution in [1.29, 1.82) is 0 Å². The summed E-state index contributed by atoms with van der Waals surface area (Å²) >= 11 is 0. The number of anilines is 2. The van der Waals surface area contributed by atoms with Crippen LogP contribution in [0.15, 0.2) is 97.1 Å². The molecule has 18 nitrogen and oxygen atoms in total. The van der Waals surface area contributed by atoms with Crippen molar-refractivity contribution in [1.82, 2.24) is 31.9 Å². The van der Waals surface area contributed by atoms with Gasteiger partial charge < -0.3 is 71.0 Å². The Balaban J connectivity index is 0.646. The summed E-state index contributed by atoms with van der Waals surface area (Å²) < 4.78 is 34.5. The fourth-order valence-electron chi connectivity index (χ4n) is 7.62. The first-order valence-corrected chi connectivity index (χ1v) is 23.5. The molecule has 0 aromatic heterocycles. The molecule has 2 aliphatic carbocycles. The van der Waals surface area contributed by atoms with Crippen molar-refractivity contribution >= 4 is 35.5 Å². The molecule has 4 aromatic rings. The minimum absolute atomic E-state index is 0.0106. The number of benzene rings is 4. The second-order valence-electron chi connectivity index (χ2n) is 16.0. The molecule has 2 atom stereocenters. The number of rotatable bonds is 29. The summed E-state index contributed by atoms with van der Waals surface area (Å²) in [6.07, 6.45) is 5.27. The van der Waals surface area contributed by atoms with E-state index >= 15 is 0 Å². The molecule has 0 spiro atoms. The molecule has 0 saturated heterocycles. The maximum Gasteiger partial charge on any atom is 0.319 e. The van der Waals surface area contributed by atoms with E-state index in [0.29, 0.717) is 128 Å². The molecule has 8 N–H and O–H groups in total. The van der Waals surface area contributed by atoms with Crippen LogP contribution < -0.4 is 52.0 Å². The molecule has 0 heterocycles. The van der Waals surface area contributed by atoms with Gasteiger partial charge in [0.05, 0.1) is 52.9 Å². The largest absolute Gasteiger partial charge is 0.486 e. The first-order chi connectivity index (χ1) is 33.4. The summed E-state index contributed by atoms with van der Waals surface area (Å²) in [6.45, 7) is 4.98. The lowest BCUT2D eigenvalue weighted by Crippen LogP contribution is -2.39. The Morgan fingerprint density at radius 1 is 0.412 bits per heavy atom. The van der Waals surface area contributed by atoms with Crippen molar-refractivity contribution < 1.29 is 47.6 Å². The number of carbonyl (C=O) groups excluding carboxylic acids is 4. The van der Waals surface area contributed by atoms with Crippen LogP contribution in [0, 0.1) is 0 Å². The zero-order valence-corrected chi connectivity index (χ0v) is 38.6. The first-order valence-electron chi connectivity index (χ1n) is 23.5. The van der Waals surface area contributed by atoms with Gasteiger partial charge in [0.2, 0.25) is 0 Å². The number of nitrogens with one attached hydrogen (secondary N) is 8. The van der Waals surface area contributed by atoms with Gasteiger partial charge in [-0.05, 0) is 85.0 Å². The van der Waals surface area contributed by atoms with Gasteiger partial charge in [0, 0.05) is 62.8 Å². The number of fused-ring (bicyclic) bond motifs is 2. The van der Waals surface area contributed by atoms with Gasteiger partial charge in [-0.1, -0.05) is 60.7 Å². The van der Waals surface area contributed by atoms with Crippen LogP contribution in [-0.2, 0) is 31.8 Å². The highest BCUT2D eigenvalue weighted by molar-refractivity contribution is 5.90. The average Bonchev–Trinajstić information content (AvgIpc) is 3.95. The Morgan fingerprint density at radius 3 is 1.19 bits per heavy atom. The third kappa shape index (κ3) is 18.6. The molecule has 0 fully saturated rings. The fraction of sp³-hybridized carbons (Fsp3) is 0.440. The molecule has 4 aromatic carbocycles. The van der Waals surface area contributed by atoms with E-state index in [9.17, 15) is 19.2 Å². The van der Waals surface area contributed by atoms with Gasteiger partial charge in [0.15, 0.2) is 0 Å². The second-order valence-corrected chi connectivity index (χ2v) is 16.0. The highest BCUT2D eigenvalue weighted by Gasteiger charge is 2.25. The van der Waals surface area contributed by atoms with Gasteiger partial charge >= 0.3 is 24.1 Å². The maximum absolute atomic E-state index is 12.4. The Bertz CT molecular complexity index is 2030. The lowest BCUT2D eigenvalue weighted by molar-refractivity contribution is 0.0511. The normalized spacial score (nSPS) is 14.5. The van der Waals surface area contributed by atoms with Crippen LogP contribution in [0.25, 0.3) is 0 Å². The predicted octanol–water partition coefficient (Wildman–Crippen LogP) is 6.21. The SMILES string of the molecule is O=C(NCCCCNC(=O)NCCOCCOCCNC(=O)Nc1cccc(OC2CCc3ccccc32)c1)NCCOCCOCCNC(=O)Nc1cccc(OC2CCc3ccccc32)c1. The molecule has 68 heavy (non-hydrogen) atoms. The van der Waals surface area contributed by atoms with Gasteiger partial charge in [-0.15, -0.1) is 0 Å². The Labute approximate surface area is 398 Å². The lowest BCUT2D eigenvalue weighted by atomic mass is 10.1.